The predicted molar refractivity (Wildman–Crippen MR) is 106 cm³/mol. The summed E-state index contributed by atoms with van der Waals surface area (Å²) in [6.45, 7) is 5.43. The number of carbonyl (C=O) groups is 1. The quantitative estimate of drug-likeness (QED) is 0.759. The van der Waals surface area contributed by atoms with E-state index in [4.69, 9.17) is 5.73 Å². The Morgan fingerprint density at radius 3 is 2.55 bits per heavy atom. The number of para-hydroxylation sites is 1. The Morgan fingerprint density at radius 2 is 1.93 bits per heavy atom. The molecular weight excluding hydrogens is 364 g/mol. The summed E-state index contributed by atoms with van der Waals surface area (Å²) in [6, 6.07) is 13.8. The Morgan fingerprint density at radius 1 is 1.24 bits per heavy atom. The molecule has 1 amide bonds. The summed E-state index contributed by atoms with van der Waals surface area (Å²) in [7, 11) is 0. The number of nitrogens with two attached hydrogens (primary N) is 1. The number of hydrogen-bond acceptors (Lipinski definition) is 6. The Balaban J connectivity index is 2.10. The summed E-state index contributed by atoms with van der Waals surface area (Å²) >= 11 is 0. The summed E-state index contributed by atoms with van der Waals surface area (Å²) < 4.78 is 0. The van der Waals surface area contributed by atoms with E-state index in [0.29, 0.717) is 24.2 Å². The van der Waals surface area contributed by atoms with E-state index in [-0.39, 0.29) is 29.1 Å². The predicted octanol–water partition coefficient (Wildman–Crippen LogP) is 2.01. The second-order valence-electron chi connectivity index (χ2n) is 8.31. The van der Waals surface area contributed by atoms with Crippen LogP contribution >= 0.6 is 0 Å². The molecule has 0 aromatic heterocycles. The van der Waals surface area contributed by atoms with Crippen molar-refractivity contribution in [1.29, 1.82) is 15.8 Å². The van der Waals surface area contributed by atoms with Gasteiger partial charge in [-0.1, -0.05) is 18.2 Å². The lowest BCUT2D eigenvalue weighted by Gasteiger charge is -2.54. The van der Waals surface area contributed by atoms with Gasteiger partial charge in [0.2, 0.25) is 11.3 Å². The van der Waals surface area contributed by atoms with Crippen LogP contribution in [0.3, 0.4) is 0 Å². The zero-order chi connectivity index (χ0) is 21.0. The maximum absolute atomic E-state index is 13.6. The number of nitrogens with one attached hydrogen (secondary N) is 1. The molecule has 2 aliphatic heterocycles. The number of amides is 1. The number of likely N-dealkylation sites (tertiary alicyclic amines) is 1. The van der Waals surface area contributed by atoms with Gasteiger partial charge >= 0.3 is 0 Å². The van der Waals surface area contributed by atoms with Gasteiger partial charge in [-0.2, -0.15) is 15.8 Å². The van der Waals surface area contributed by atoms with E-state index in [0.717, 1.165) is 6.54 Å². The highest BCUT2D eigenvalue weighted by Gasteiger charge is 2.72. The molecule has 29 heavy (non-hydrogen) atoms. The Hall–Kier alpha value is -3.34. The van der Waals surface area contributed by atoms with Crippen LogP contribution in [0, 0.1) is 51.2 Å². The van der Waals surface area contributed by atoms with Gasteiger partial charge in [0.05, 0.1) is 29.5 Å². The molecule has 7 heteroatoms. The number of piperidine rings is 1. The minimum Gasteiger partial charge on any atom is -0.399 e. The molecule has 146 valence electrons. The molecule has 1 saturated heterocycles. The normalized spacial score (nSPS) is 30.1. The first-order valence-electron chi connectivity index (χ1n) is 9.76. The van der Waals surface area contributed by atoms with Gasteiger partial charge in [-0.3, -0.25) is 4.79 Å². The highest BCUT2D eigenvalue weighted by Crippen LogP contribution is 2.62. The van der Waals surface area contributed by atoms with Gasteiger partial charge in [-0.25, -0.2) is 0 Å². The monoisotopic (exact) mass is 386 g/mol. The van der Waals surface area contributed by atoms with Crippen LogP contribution in [0.5, 0.6) is 0 Å². The van der Waals surface area contributed by atoms with Crippen molar-refractivity contribution in [1.82, 2.24) is 4.90 Å². The molecule has 1 fully saturated rings. The number of nitrogens with zero attached hydrogens (tertiary/aromatic N) is 4. The van der Waals surface area contributed by atoms with Gasteiger partial charge in [-0.15, -0.1) is 0 Å². The standard InChI is InChI=1S/C22H22N6O/c1-13(2)28-8-7-14-15(9-23)19(26)21(11-24,12-25)22(17(14)10-28)16-5-3-4-6-18(16)27-20(22)29/h3-6,13-14,17H,7-8,10,26H2,1-2H3,(H,27,29). The molecule has 1 aromatic rings. The largest absolute Gasteiger partial charge is 0.399 e. The Labute approximate surface area is 170 Å². The highest BCUT2D eigenvalue weighted by atomic mass is 16.2. The van der Waals surface area contributed by atoms with E-state index in [1.54, 1.807) is 24.3 Å². The fraction of sp³-hybridized carbons (Fsp3) is 0.455. The number of rotatable bonds is 1. The first-order valence-corrected chi connectivity index (χ1v) is 9.76. The van der Waals surface area contributed by atoms with Crippen LogP contribution in [0.2, 0.25) is 0 Å². The lowest BCUT2D eigenvalue weighted by atomic mass is 9.46. The molecule has 1 aromatic carbocycles. The molecule has 3 aliphatic rings. The van der Waals surface area contributed by atoms with Crippen molar-refractivity contribution in [2.45, 2.75) is 31.7 Å². The zero-order valence-electron chi connectivity index (χ0n) is 16.4. The molecule has 4 rings (SSSR count). The molecule has 0 radical (unpaired) electrons. The van der Waals surface area contributed by atoms with Crippen molar-refractivity contribution >= 4 is 11.6 Å². The summed E-state index contributed by atoms with van der Waals surface area (Å²) in [6.07, 6.45) is 0.649. The summed E-state index contributed by atoms with van der Waals surface area (Å²) in [5.74, 6) is -1.08. The Kier molecular flexibility index (Phi) is 4.15. The van der Waals surface area contributed by atoms with Crippen LogP contribution in [-0.4, -0.2) is 29.9 Å². The van der Waals surface area contributed by atoms with Gasteiger partial charge < -0.3 is 16.0 Å². The summed E-state index contributed by atoms with van der Waals surface area (Å²) in [5, 5.41) is 33.3. The molecule has 1 aliphatic carbocycles. The third-order valence-electron chi connectivity index (χ3n) is 7.00. The van der Waals surface area contributed by atoms with E-state index in [1.165, 1.54) is 0 Å². The number of carbonyl (C=O) groups excluding carboxylic acids is 1. The van der Waals surface area contributed by atoms with Crippen molar-refractivity contribution in [2.24, 2.45) is 23.0 Å². The van der Waals surface area contributed by atoms with Gasteiger partial charge in [0.25, 0.3) is 0 Å². The number of nitriles is 3. The SMILES string of the molecule is CC(C)N1CCC2C(C#N)=C(N)C(C#N)(C#N)C3(C(=O)Nc4ccccc43)C2C1. The van der Waals surface area contributed by atoms with Crippen molar-refractivity contribution in [3.8, 4) is 18.2 Å². The van der Waals surface area contributed by atoms with Gasteiger partial charge in [0.1, 0.15) is 5.41 Å². The number of anilines is 1. The van der Waals surface area contributed by atoms with Crippen molar-refractivity contribution < 1.29 is 4.79 Å². The average Bonchev–Trinajstić information content (AvgIpc) is 3.02. The third-order valence-corrected chi connectivity index (χ3v) is 7.00. The zero-order valence-corrected chi connectivity index (χ0v) is 16.4. The van der Waals surface area contributed by atoms with Crippen LogP contribution in [-0.2, 0) is 10.2 Å². The molecule has 3 atom stereocenters. The van der Waals surface area contributed by atoms with Crippen LogP contribution in [0.4, 0.5) is 5.69 Å². The molecule has 1 spiro atoms. The second-order valence-corrected chi connectivity index (χ2v) is 8.31. The fourth-order valence-electron chi connectivity index (χ4n) is 5.61. The maximum Gasteiger partial charge on any atom is 0.238 e. The van der Waals surface area contributed by atoms with Crippen LogP contribution in [0.25, 0.3) is 0 Å². The van der Waals surface area contributed by atoms with Gasteiger partial charge in [-0.05, 0) is 38.4 Å². The second kappa shape index (κ2) is 6.34. The lowest BCUT2D eigenvalue weighted by molar-refractivity contribution is -0.128. The molecule has 0 bridgehead atoms. The first kappa shape index (κ1) is 19.0. The third kappa shape index (κ3) is 2.10. The molecular formula is C22H22N6O. The van der Waals surface area contributed by atoms with Crippen LogP contribution in [0.1, 0.15) is 25.8 Å². The van der Waals surface area contributed by atoms with Crippen LogP contribution in [0.15, 0.2) is 35.5 Å². The smallest absolute Gasteiger partial charge is 0.238 e. The maximum atomic E-state index is 13.6. The topological polar surface area (TPSA) is 130 Å². The van der Waals surface area contributed by atoms with E-state index >= 15 is 0 Å². The van der Waals surface area contributed by atoms with Crippen LogP contribution < -0.4 is 11.1 Å². The van der Waals surface area contributed by atoms with E-state index in [1.807, 2.05) is 0 Å². The molecule has 3 unspecified atom stereocenters. The minimum absolute atomic E-state index is 0.0731. The Bertz CT molecular complexity index is 1040. The first-order chi connectivity index (χ1) is 13.9. The minimum atomic E-state index is -1.95. The molecule has 3 N–H and O–H groups in total. The van der Waals surface area contributed by atoms with Gasteiger partial charge in [0.15, 0.2) is 0 Å². The number of allylic oxidation sites excluding steroid dienone is 2. The van der Waals surface area contributed by atoms with E-state index in [2.05, 4.69) is 42.3 Å². The highest BCUT2D eigenvalue weighted by molar-refractivity contribution is 6.09. The van der Waals surface area contributed by atoms with E-state index in [9.17, 15) is 20.6 Å². The summed E-state index contributed by atoms with van der Waals surface area (Å²) in [4.78, 5) is 15.9. The fourth-order valence-corrected chi connectivity index (χ4v) is 5.61. The number of fused-ring (bicyclic) bond motifs is 4. The van der Waals surface area contributed by atoms with E-state index < -0.39 is 16.7 Å². The molecule has 0 saturated carbocycles. The summed E-state index contributed by atoms with van der Waals surface area (Å²) in [5.41, 5.74) is 4.40. The lowest BCUT2D eigenvalue weighted by Crippen LogP contribution is -2.65. The van der Waals surface area contributed by atoms with Gasteiger partial charge in [0, 0.05) is 30.1 Å². The number of benzene rings is 1. The average molecular weight is 386 g/mol. The molecule has 2 heterocycles. The van der Waals surface area contributed by atoms with Crippen molar-refractivity contribution in [3.05, 3.63) is 41.1 Å². The molecule has 7 nitrogen and oxygen atoms in total. The van der Waals surface area contributed by atoms with Crippen molar-refractivity contribution in [2.75, 3.05) is 18.4 Å². The van der Waals surface area contributed by atoms with Crippen molar-refractivity contribution in [3.63, 3.8) is 0 Å². The number of hydrogen-bond donors (Lipinski definition) is 2.